The number of carbonyl (C=O) groups excluding carboxylic acids is 1. The highest BCUT2D eigenvalue weighted by Crippen LogP contribution is 2.27. The van der Waals surface area contributed by atoms with Crippen molar-refractivity contribution < 1.29 is 4.79 Å². The lowest BCUT2D eigenvalue weighted by molar-refractivity contribution is 0.0751. The average molecular weight is 404 g/mol. The topological polar surface area (TPSA) is 67.2 Å². The number of aromatic nitrogens is 4. The molecular weight excluding hydrogens is 384 g/mol. The monoisotopic (exact) mass is 404 g/mol. The number of fused-ring (bicyclic) bond motifs is 1. The molecule has 3 aromatic heterocycles. The van der Waals surface area contributed by atoms with E-state index < -0.39 is 0 Å². The second-order valence-electron chi connectivity index (χ2n) is 7.08. The highest BCUT2D eigenvalue weighted by Gasteiger charge is 2.24. The van der Waals surface area contributed by atoms with Crippen molar-refractivity contribution >= 4 is 33.1 Å². The molecule has 1 aliphatic rings. The predicted octanol–water partition coefficient (Wildman–Crippen LogP) is 3.15. The van der Waals surface area contributed by atoms with E-state index in [1.54, 1.807) is 16.0 Å². The summed E-state index contributed by atoms with van der Waals surface area (Å²) in [4.78, 5) is 17.8. The van der Waals surface area contributed by atoms with Crippen molar-refractivity contribution in [3.63, 3.8) is 0 Å². The van der Waals surface area contributed by atoms with Crippen LogP contribution in [0.5, 0.6) is 0 Å². The van der Waals surface area contributed by atoms with E-state index >= 15 is 0 Å². The highest BCUT2D eigenvalue weighted by atomic mass is 32.1. The molecule has 8 heteroatoms. The Morgan fingerprint density at radius 3 is 2.41 bits per heavy atom. The highest BCUT2D eigenvalue weighted by molar-refractivity contribution is 7.20. The van der Waals surface area contributed by atoms with E-state index in [0.717, 1.165) is 39.6 Å². The van der Waals surface area contributed by atoms with E-state index in [1.807, 2.05) is 60.5 Å². The van der Waals surface area contributed by atoms with Gasteiger partial charge in [0.25, 0.3) is 5.91 Å². The van der Waals surface area contributed by atoms with Gasteiger partial charge in [0.05, 0.1) is 10.6 Å². The molecular formula is C21H20N6OS. The quantitative estimate of drug-likeness (QED) is 0.525. The number of nitrogens with zero attached hydrogens (tertiary/aromatic N) is 6. The molecule has 1 aliphatic heterocycles. The molecule has 0 saturated carbocycles. The first-order chi connectivity index (χ1) is 14.2. The molecule has 29 heavy (non-hydrogen) atoms. The Labute approximate surface area is 172 Å². The molecule has 0 radical (unpaired) electrons. The van der Waals surface area contributed by atoms with Crippen molar-refractivity contribution in [3.8, 4) is 5.82 Å². The van der Waals surface area contributed by atoms with Gasteiger partial charge in [0.1, 0.15) is 0 Å². The van der Waals surface area contributed by atoms with Gasteiger partial charge in [-0.2, -0.15) is 5.10 Å². The number of anilines is 1. The summed E-state index contributed by atoms with van der Waals surface area (Å²) < 4.78 is 2.87. The fraction of sp³-hybridized carbons (Fsp3) is 0.238. The Morgan fingerprint density at radius 2 is 1.72 bits per heavy atom. The SMILES string of the molecule is Cc1ccn(-c2ccc(N3CCN(C(=O)c4cc5ccccc5s4)CC3)nn2)n1. The molecule has 1 amide bonds. The largest absolute Gasteiger partial charge is 0.352 e. The van der Waals surface area contributed by atoms with Gasteiger partial charge in [-0.15, -0.1) is 21.5 Å². The number of amides is 1. The van der Waals surface area contributed by atoms with Crippen LogP contribution in [0.3, 0.4) is 0 Å². The second-order valence-corrected chi connectivity index (χ2v) is 8.16. The van der Waals surface area contributed by atoms with Gasteiger partial charge in [-0.05, 0) is 42.6 Å². The van der Waals surface area contributed by atoms with Crippen molar-refractivity contribution in [1.82, 2.24) is 24.9 Å². The smallest absolute Gasteiger partial charge is 0.264 e. The van der Waals surface area contributed by atoms with E-state index in [0.29, 0.717) is 18.9 Å². The minimum atomic E-state index is 0.112. The van der Waals surface area contributed by atoms with Crippen LogP contribution >= 0.6 is 11.3 Å². The first-order valence-corrected chi connectivity index (χ1v) is 10.4. The lowest BCUT2D eigenvalue weighted by Gasteiger charge is -2.35. The van der Waals surface area contributed by atoms with Crippen molar-refractivity contribution in [1.29, 1.82) is 0 Å². The fourth-order valence-corrected chi connectivity index (χ4v) is 4.56. The number of thiophene rings is 1. The number of rotatable bonds is 3. The summed E-state index contributed by atoms with van der Waals surface area (Å²) >= 11 is 1.56. The zero-order valence-corrected chi connectivity index (χ0v) is 16.8. The minimum absolute atomic E-state index is 0.112. The van der Waals surface area contributed by atoms with Crippen molar-refractivity contribution in [3.05, 3.63) is 65.3 Å². The van der Waals surface area contributed by atoms with Gasteiger partial charge >= 0.3 is 0 Å². The van der Waals surface area contributed by atoms with Gasteiger partial charge in [-0.3, -0.25) is 4.79 Å². The lowest BCUT2D eigenvalue weighted by atomic mass is 10.2. The molecule has 0 unspecified atom stereocenters. The summed E-state index contributed by atoms with van der Waals surface area (Å²) in [5.41, 5.74) is 0.940. The molecule has 4 aromatic rings. The first-order valence-electron chi connectivity index (χ1n) is 9.56. The maximum absolute atomic E-state index is 12.9. The molecule has 0 bridgehead atoms. The number of carbonyl (C=O) groups is 1. The molecule has 1 aromatic carbocycles. The zero-order chi connectivity index (χ0) is 19.8. The summed E-state index contributed by atoms with van der Waals surface area (Å²) in [5.74, 6) is 1.63. The van der Waals surface area contributed by atoms with E-state index in [9.17, 15) is 4.79 Å². The summed E-state index contributed by atoms with van der Waals surface area (Å²) in [6.45, 7) is 4.78. The molecule has 0 aliphatic carbocycles. The van der Waals surface area contributed by atoms with Crippen LogP contribution in [0.1, 0.15) is 15.4 Å². The summed E-state index contributed by atoms with van der Waals surface area (Å²) in [7, 11) is 0. The zero-order valence-electron chi connectivity index (χ0n) is 16.0. The molecule has 4 heterocycles. The van der Waals surface area contributed by atoms with Crippen LogP contribution in [0.4, 0.5) is 5.82 Å². The van der Waals surface area contributed by atoms with Crippen LogP contribution in [0.2, 0.25) is 0 Å². The van der Waals surface area contributed by atoms with Crippen LogP contribution < -0.4 is 4.90 Å². The van der Waals surface area contributed by atoms with Crippen LogP contribution in [0.15, 0.2) is 54.7 Å². The summed E-state index contributed by atoms with van der Waals surface area (Å²) in [5, 5.41) is 14.1. The molecule has 5 rings (SSSR count). The van der Waals surface area contributed by atoms with E-state index in [-0.39, 0.29) is 5.91 Å². The van der Waals surface area contributed by atoms with Gasteiger partial charge in [0, 0.05) is 37.1 Å². The van der Waals surface area contributed by atoms with Crippen LogP contribution in [0, 0.1) is 6.92 Å². The Bertz CT molecular complexity index is 1120. The van der Waals surface area contributed by atoms with Gasteiger partial charge in [0.2, 0.25) is 0 Å². The number of benzene rings is 1. The third-order valence-electron chi connectivity index (χ3n) is 5.12. The summed E-state index contributed by atoms with van der Waals surface area (Å²) in [6.07, 6.45) is 1.87. The fourth-order valence-electron chi connectivity index (χ4n) is 3.53. The molecule has 1 fully saturated rings. The van der Waals surface area contributed by atoms with Crippen LogP contribution in [-0.2, 0) is 0 Å². The lowest BCUT2D eigenvalue weighted by Crippen LogP contribution is -2.49. The van der Waals surface area contributed by atoms with Gasteiger partial charge in [0.15, 0.2) is 11.6 Å². The molecule has 0 atom stereocenters. The van der Waals surface area contributed by atoms with E-state index in [1.165, 1.54) is 0 Å². The predicted molar refractivity (Wildman–Crippen MR) is 114 cm³/mol. The minimum Gasteiger partial charge on any atom is -0.352 e. The Kier molecular flexibility index (Phi) is 4.48. The second kappa shape index (κ2) is 7.29. The number of hydrogen-bond donors (Lipinski definition) is 0. The molecule has 1 saturated heterocycles. The molecule has 0 spiro atoms. The Morgan fingerprint density at radius 1 is 0.966 bits per heavy atom. The molecule has 0 N–H and O–H groups in total. The Hall–Kier alpha value is -3.26. The number of aryl methyl sites for hydroxylation is 1. The Balaban J connectivity index is 1.24. The van der Waals surface area contributed by atoms with Crippen molar-refractivity contribution in [2.24, 2.45) is 0 Å². The van der Waals surface area contributed by atoms with E-state index in [2.05, 4.69) is 26.3 Å². The van der Waals surface area contributed by atoms with Crippen LogP contribution in [0.25, 0.3) is 15.9 Å². The van der Waals surface area contributed by atoms with Gasteiger partial charge in [-0.1, -0.05) is 18.2 Å². The van der Waals surface area contributed by atoms with Crippen molar-refractivity contribution in [2.45, 2.75) is 6.92 Å². The molecule has 7 nitrogen and oxygen atoms in total. The third-order valence-corrected chi connectivity index (χ3v) is 6.22. The third kappa shape index (κ3) is 3.47. The van der Waals surface area contributed by atoms with E-state index in [4.69, 9.17) is 0 Å². The van der Waals surface area contributed by atoms with Crippen molar-refractivity contribution in [2.75, 3.05) is 31.1 Å². The number of piperazine rings is 1. The normalized spacial score (nSPS) is 14.5. The number of hydrogen-bond acceptors (Lipinski definition) is 6. The summed E-state index contributed by atoms with van der Waals surface area (Å²) in [6, 6.07) is 15.9. The van der Waals surface area contributed by atoms with Gasteiger partial charge in [-0.25, -0.2) is 4.68 Å². The standard InChI is InChI=1S/C21H20N6OS/c1-15-8-9-27(24-15)20-7-6-19(22-23-20)25-10-12-26(13-11-25)21(28)18-14-16-4-2-3-5-17(16)29-18/h2-9,14H,10-13H2,1H3. The average Bonchev–Trinajstić information content (AvgIpc) is 3.40. The first kappa shape index (κ1) is 17.8. The maximum Gasteiger partial charge on any atom is 0.264 e. The van der Waals surface area contributed by atoms with Gasteiger partial charge < -0.3 is 9.80 Å². The van der Waals surface area contributed by atoms with Crippen LogP contribution in [-0.4, -0.2) is 57.0 Å². The maximum atomic E-state index is 12.9. The molecule has 146 valence electrons.